The zero-order valence-electron chi connectivity index (χ0n) is 12.4. The largest absolute Gasteiger partial charge is 0.343 e. The molecular formula is C14H21N4O2+. The van der Waals surface area contributed by atoms with E-state index >= 15 is 0 Å². The lowest BCUT2D eigenvalue weighted by atomic mass is 9.89. The highest BCUT2D eigenvalue weighted by Gasteiger charge is 3.01. The van der Waals surface area contributed by atoms with Crippen molar-refractivity contribution in [3.05, 3.63) is 0 Å². The van der Waals surface area contributed by atoms with Gasteiger partial charge in [0, 0.05) is 5.41 Å². The zero-order chi connectivity index (χ0) is 15.2. The van der Waals surface area contributed by atoms with Gasteiger partial charge in [-0.1, -0.05) is 13.8 Å². The van der Waals surface area contributed by atoms with Crippen LogP contribution in [0.1, 0.15) is 34.1 Å². The summed E-state index contributed by atoms with van der Waals surface area (Å²) in [4.78, 5) is 2.95. The molecule has 0 spiro atoms. The van der Waals surface area contributed by atoms with Gasteiger partial charge >= 0.3 is 5.91 Å². The number of ether oxygens (including phenoxy) is 2. The molecule has 108 valence electrons. The molecular weight excluding hydrogens is 256 g/mol. The van der Waals surface area contributed by atoms with E-state index in [-0.39, 0.29) is 5.84 Å². The SMILES string of the molecule is CCOC1(OCC)[NH+]=C(N)[C@@]2(C#N)[C@](C)(CC)[C@@]12C#N. The van der Waals surface area contributed by atoms with Gasteiger partial charge in [-0.3, -0.25) is 5.73 Å². The molecule has 6 heteroatoms. The first kappa shape index (κ1) is 14.8. The molecule has 3 atom stereocenters. The van der Waals surface area contributed by atoms with Crippen LogP contribution in [0.3, 0.4) is 0 Å². The maximum atomic E-state index is 9.87. The molecule has 2 aliphatic rings. The van der Waals surface area contributed by atoms with Crippen LogP contribution in [-0.2, 0) is 9.47 Å². The van der Waals surface area contributed by atoms with Gasteiger partial charge in [-0.25, -0.2) is 4.99 Å². The van der Waals surface area contributed by atoms with E-state index in [1.165, 1.54) is 0 Å². The molecule has 0 aromatic carbocycles. The minimum atomic E-state index is -1.35. The van der Waals surface area contributed by atoms with Gasteiger partial charge in [0.25, 0.3) is 5.84 Å². The fourth-order valence-electron chi connectivity index (χ4n) is 4.07. The minimum Gasteiger partial charge on any atom is -0.314 e. The topological polar surface area (TPSA) is 106 Å². The van der Waals surface area contributed by atoms with E-state index in [0.29, 0.717) is 19.6 Å². The number of rotatable bonds is 5. The first-order valence-electron chi connectivity index (χ1n) is 6.95. The molecule has 0 amide bonds. The van der Waals surface area contributed by atoms with Crippen molar-refractivity contribution in [3.8, 4) is 12.1 Å². The van der Waals surface area contributed by atoms with Crippen LogP contribution >= 0.6 is 0 Å². The number of nitrogens with zero attached hydrogens (tertiary/aromatic N) is 2. The summed E-state index contributed by atoms with van der Waals surface area (Å²) in [6.07, 6.45) is 0.637. The van der Waals surface area contributed by atoms with Crippen molar-refractivity contribution < 1.29 is 14.5 Å². The predicted molar refractivity (Wildman–Crippen MR) is 70.6 cm³/mol. The van der Waals surface area contributed by atoms with Crippen molar-refractivity contribution >= 4 is 5.84 Å². The summed E-state index contributed by atoms with van der Waals surface area (Å²) in [6.45, 7) is 8.20. The summed E-state index contributed by atoms with van der Waals surface area (Å²) in [6, 6.07) is 4.56. The third kappa shape index (κ3) is 1.06. The first-order valence-corrected chi connectivity index (χ1v) is 6.95. The molecule has 2 rings (SSSR count). The van der Waals surface area contributed by atoms with Crippen molar-refractivity contribution in [2.75, 3.05) is 13.2 Å². The Morgan fingerprint density at radius 2 is 1.70 bits per heavy atom. The van der Waals surface area contributed by atoms with Gasteiger partial charge in [0.1, 0.15) is 0 Å². The third-order valence-corrected chi connectivity index (χ3v) is 5.09. The molecule has 1 aliphatic heterocycles. The highest BCUT2D eigenvalue weighted by atomic mass is 16.7. The quantitative estimate of drug-likeness (QED) is 0.666. The number of nitriles is 2. The number of amidine groups is 1. The zero-order valence-corrected chi connectivity index (χ0v) is 12.4. The molecule has 0 saturated heterocycles. The summed E-state index contributed by atoms with van der Waals surface area (Å²) in [5, 5.41) is 19.6. The van der Waals surface area contributed by atoms with Crippen molar-refractivity contribution in [2.24, 2.45) is 22.0 Å². The molecule has 0 bridgehead atoms. The Bertz CT molecular complexity index is 540. The highest BCUT2D eigenvalue weighted by Crippen LogP contribution is 2.83. The molecule has 0 aromatic heterocycles. The number of hydrogen-bond donors (Lipinski definition) is 2. The third-order valence-electron chi connectivity index (χ3n) is 5.09. The van der Waals surface area contributed by atoms with Gasteiger partial charge in [-0.15, -0.1) is 0 Å². The van der Waals surface area contributed by atoms with Crippen LogP contribution in [0.25, 0.3) is 0 Å². The Hall–Kier alpha value is -1.63. The maximum absolute atomic E-state index is 9.87. The average Bonchev–Trinajstić information content (AvgIpc) is 2.85. The lowest BCUT2D eigenvalue weighted by Gasteiger charge is -2.31. The highest BCUT2D eigenvalue weighted by molar-refractivity contribution is 5.94. The van der Waals surface area contributed by atoms with E-state index in [2.05, 4.69) is 17.1 Å². The Morgan fingerprint density at radius 1 is 1.15 bits per heavy atom. The number of nitrogens with two attached hydrogens (primary N) is 1. The summed E-state index contributed by atoms with van der Waals surface area (Å²) in [5.41, 5.74) is 3.28. The summed E-state index contributed by atoms with van der Waals surface area (Å²) in [5.74, 6) is -1.08. The Balaban J connectivity index is 2.71. The molecule has 3 N–H and O–H groups in total. The molecule has 1 heterocycles. The molecule has 0 unspecified atom stereocenters. The van der Waals surface area contributed by atoms with Crippen LogP contribution in [0.2, 0.25) is 0 Å². The van der Waals surface area contributed by atoms with E-state index in [9.17, 15) is 10.5 Å². The van der Waals surface area contributed by atoms with Gasteiger partial charge in [0.15, 0.2) is 10.8 Å². The Labute approximate surface area is 119 Å². The molecule has 1 fully saturated rings. The number of nitrogens with one attached hydrogen (secondary N) is 1. The van der Waals surface area contributed by atoms with E-state index in [1.54, 1.807) is 0 Å². The predicted octanol–water partition coefficient (Wildman–Crippen LogP) is -0.386. The second-order valence-corrected chi connectivity index (χ2v) is 5.43. The Kier molecular flexibility index (Phi) is 3.09. The fourth-order valence-corrected chi connectivity index (χ4v) is 4.07. The lowest BCUT2D eigenvalue weighted by molar-refractivity contribution is -0.695. The molecule has 0 aromatic rings. The van der Waals surface area contributed by atoms with Crippen molar-refractivity contribution in [1.82, 2.24) is 0 Å². The fraction of sp³-hybridized carbons (Fsp3) is 0.786. The van der Waals surface area contributed by atoms with Crippen LogP contribution in [0, 0.1) is 38.9 Å². The lowest BCUT2D eigenvalue weighted by Crippen LogP contribution is -2.91. The van der Waals surface area contributed by atoms with E-state index in [0.717, 1.165) is 0 Å². The van der Waals surface area contributed by atoms with Crippen LogP contribution in [0.15, 0.2) is 0 Å². The van der Waals surface area contributed by atoms with Crippen LogP contribution in [0.4, 0.5) is 0 Å². The first-order chi connectivity index (χ1) is 9.43. The number of hydrogen-bond acceptors (Lipinski definition) is 5. The van der Waals surface area contributed by atoms with Crippen molar-refractivity contribution in [3.63, 3.8) is 0 Å². The summed E-state index contributed by atoms with van der Waals surface area (Å²) < 4.78 is 11.5. The van der Waals surface area contributed by atoms with Crippen LogP contribution in [0.5, 0.6) is 0 Å². The molecule has 20 heavy (non-hydrogen) atoms. The molecule has 1 aliphatic carbocycles. The van der Waals surface area contributed by atoms with E-state index in [4.69, 9.17) is 15.2 Å². The van der Waals surface area contributed by atoms with Gasteiger partial charge < -0.3 is 9.47 Å². The molecule has 6 nitrogen and oxygen atoms in total. The van der Waals surface area contributed by atoms with Gasteiger partial charge in [-0.05, 0) is 20.3 Å². The number of fused-ring (bicyclic) bond motifs is 1. The Morgan fingerprint density at radius 3 is 2.00 bits per heavy atom. The minimum absolute atomic E-state index is 0.271. The average molecular weight is 277 g/mol. The van der Waals surface area contributed by atoms with Crippen LogP contribution in [-0.4, -0.2) is 25.0 Å². The van der Waals surface area contributed by atoms with Gasteiger partial charge in [0.05, 0.1) is 25.4 Å². The van der Waals surface area contributed by atoms with Gasteiger partial charge in [-0.2, -0.15) is 10.5 Å². The van der Waals surface area contributed by atoms with Gasteiger partial charge in [0.2, 0.25) is 0 Å². The van der Waals surface area contributed by atoms with E-state index in [1.807, 2.05) is 27.7 Å². The normalized spacial score (nSPS) is 40.4. The maximum Gasteiger partial charge on any atom is 0.343 e. The second-order valence-electron chi connectivity index (χ2n) is 5.43. The summed E-state index contributed by atoms with van der Waals surface area (Å²) >= 11 is 0. The molecule has 1 saturated carbocycles. The standard InChI is InChI=1S/C14H20N4O2/c1-5-11(4)12(8-15)10(17)18-14(19-6-2,20-7-3)13(11,12)9-16/h5-7H2,1-4H3,(H2,17,18)/p+1/t11-,12-,13+/m0/s1. The van der Waals surface area contributed by atoms with E-state index < -0.39 is 22.2 Å². The molecule has 0 radical (unpaired) electrons. The van der Waals surface area contributed by atoms with Crippen LogP contribution < -0.4 is 10.7 Å². The van der Waals surface area contributed by atoms with Crippen molar-refractivity contribution in [1.29, 1.82) is 10.5 Å². The second kappa shape index (κ2) is 4.18. The summed E-state index contributed by atoms with van der Waals surface area (Å²) in [7, 11) is 0. The van der Waals surface area contributed by atoms with Crippen molar-refractivity contribution in [2.45, 2.75) is 40.0 Å². The monoisotopic (exact) mass is 277 g/mol. The smallest absolute Gasteiger partial charge is 0.314 e.